The number of nitrogens with two attached hydrogens (primary N) is 1. The normalized spacial score (nSPS) is 10.8. The molecule has 0 atom stereocenters. The van der Waals surface area contributed by atoms with Crippen LogP contribution in [-0.2, 0) is 18.9 Å². The van der Waals surface area contributed by atoms with Gasteiger partial charge in [-0.2, -0.15) is 0 Å². The van der Waals surface area contributed by atoms with Gasteiger partial charge in [0.2, 0.25) is 0 Å². The number of rotatable bonds is 17. The van der Waals surface area contributed by atoms with Crippen LogP contribution in [0.3, 0.4) is 0 Å². The van der Waals surface area contributed by atoms with Gasteiger partial charge in [-0.15, -0.1) is 0 Å². The maximum Gasteiger partial charge on any atom is 0.142 e. The van der Waals surface area contributed by atoms with Crippen molar-refractivity contribution in [3.8, 4) is 11.5 Å². The molecule has 2 N–H and O–H groups in total. The zero-order chi connectivity index (χ0) is 20.4. The Morgan fingerprint density at radius 1 is 0.483 bits per heavy atom. The molecule has 0 heterocycles. The molecule has 7 nitrogen and oxygen atoms in total. The summed E-state index contributed by atoms with van der Waals surface area (Å²) >= 11 is 0. The Bertz CT molecular complexity index is 640. The molecule has 0 radical (unpaired) electrons. The number of ether oxygens (including phenoxy) is 6. The van der Waals surface area contributed by atoms with E-state index in [0.717, 1.165) is 5.75 Å². The molecule has 0 aliphatic carbocycles. The maximum absolute atomic E-state index is 5.79. The van der Waals surface area contributed by atoms with E-state index in [1.54, 1.807) is 6.07 Å². The lowest BCUT2D eigenvalue weighted by atomic mass is 10.3. The van der Waals surface area contributed by atoms with Crippen LogP contribution in [0.2, 0.25) is 0 Å². The van der Waals surface area contributed by atoms with Crippen LogP contribution in [0.15, 0.2) is 54.6 Å². The summed E-state index contributed by atoms with van der Waals surface area (Å²) in [6.45, 7) is 5.15. The standard InChI is InChI=1S/C22H31NO6/c23-21-8-4-5-9-22(21)29-19-17-27-15-13-25-11-10-24-12-14-26-16-18-28-20-6-2-1-3-7-20/h1-9H,10-19,23H2. The minimum atomic E-state index is 0.452. The van der Waals surface area contributed by atoms with Crippen molar-refractivity contribution in [1.82, 2.24) is 0 Å². The van der Waals surface area contributed by atoms with Gasteiger partial charge >= 0.3 is 0 Å². The van der Waals surface area contributed by atoms with Crippen LogP contribution < -0.4 is 15.2 Å². The van der Waals surface area contributed by atoms with E-state index in [1.165, 1.54) is 0 Å². The minimum Gasteiger partial charge on any atom is -0.491 e. The molecular weight excluding hydrogens is 374 g/mol. The fourth-order valence-corrected chi connectivity index (χ4v) is 2.32. The Balaban J connectivity index is 1.27. The van der Waals surface area contributed by atoms with Crippen LogP contribution in [0.5, 0.6) is 11.5 Å². The van der Waals surface area contributed by atoms with Gasteiger partial charge in [0, 0.05) is 0 Å². The number of nitrogen functional groups attached to an aromatic ring is 1. The molecule has 0 saturated heterocycles. The van der Waals surface area contributed by atoms with Gasteiger partial charge in [0.05, 0.1) is 58.5 Å². The molecule has 7 heteroatoms. The zero-order valence-electron chi connectivity index (χ0n) is 16.8. The summed E-state index contributed by atoms with van der Waals surface area (Å²) in [7, 11) is 0. The van der Waals surface area contributed by atoms with E-state index in [0.29, 0.717) is 77.5 Å². The molecule has 0 bridgehead atoms. The van der Waals surface area contributed by atoms with E-state index < -0.39 is 0 Å². The largest absolute Gasteiger partial charge is 0.491 e. The summed E-state index contributed by atoms with van der Waals surface area (Å²) in [4.78, 5) is 0. The summed E-state index contributed by atoms with van der Waals surface area (Å²) < 4.78 is 32.8. The summed E-state index contributed by atoms with van der Waals surface area (Å²) in [5, 5.41) is 0. The van der Waals surface area contributed by atoms with Gasteiger partial charge in [0.25, 0.3) is 0 Å². The van der Waals surface area contributed by atoms with E-state index in [-0.39, 0.29) is 0 Å². The van der Waals surface area contributed by atoms with Gasteiger partial charge in [-0.1, -0.05) is 30.3 Å². The maximum atomic E-state index is 5.79. The van der Waals surface area contributed by atoms with Gasteiger partial charge in [-0.05, 0) is 24.3 Å². The van der Waals surface area contributed by atoms with Crippen LogP contribution >= 0.6 is 0 Å². The van der Waals surface area contributed by atoms with Gasteiger partial charge in [0.15, 0.2) is 0 Å². The molecule has 2 aromatic rings. The second-order valence-electron chi connectivity index (χ2n) is 6.00. The smallest absolute Gasteiger partial charge is 0.142 e. The predicted molar refractivity (Wildman–Crippen MR) is 112 cm³/mol. The highest BCUT2D eigenvalue weighted by Crippen LogP contribution is 2.19. The number of hydrogen-bond acceptors (Lipinski definition) is 7. The zero-order valence-corrected chi connectivity index (χ0v) is 16.8. The van der Waals surface area contributed by atoms with Crippen LogP contribution in [0.1, 0.15) is 0 Å². The molecule has 29 heavy (non-hydrogen) atoms. The van der Waals surface area contributed by atoms with Crippen molar-refractivity contribution in [2.24, 2.45) is 0 Å². The number of hydrogen-bond donors (Lipinski definition) is 1. The molecule has 0 aliphatic heterocycles. The van der Waals surface area contributed by atoms with Gasteiger partial charge in [0.1, 0.15) is 24.7 Å². The summed E-state index contributed by atoms with van der Waals surface area (Å²) in [6, 6.07) is 17.1. The van der Waals surface area contributed by atoms with Crippen molar-refractivity contribution < 1.29 is 28.4 Å². The van der Waals surface area contributed by atoms with Crippen molar-refractivity contribution in [3.63, 3.8) is 0 Å². The highest BCUT2D eigenvalue weighted by Gasteiger charge is 1.98. The lowest BCUT2D eigenvalue weighted by Gasteiger charge is -2.09. The monoisotopic (exact) mass is 405 g/mol. The number of para-hydroxylation sites is 3. The molecule has 0 spiro atoms. The SMILES string of the molecule is Nc1ccccc1OCCOCCOCCOCCOCCOc1ccccc1. The molecule has 0 aromatic heterocycles. The molecule has 0 unspecified atom stereocenters. The van der Waals surface area contributed by atoms with Crippen molar-refractivity contribution in [1.29, 1.82) is 0 Å². The van der Waals surface area contributed by atoms with E-state index in [9.17, 15) is 0 Å². The molecule has 2 aromatic carbocycles. The van der Waals surface area contributed by atoms with Crippen LogP contribution in [0, 0.1) is 0 Å². The lowest BCUT2D eigenvalue weighted by molar-refractivity contribution is -0.00697. The third-order valence-corrected chi connectivity index (χ3v) is 3.76. The van der Waals surface area contributed by atoms with Crippen LogP contribution in [0.4, 0.5) is 5.69 Å². The third-order valence-electron chi connectivity index (χ3n) is 3.76. The first-order chi connectivity index (χ1) is 14.4. The third kappa shape index (κ3) is 11.3. The molecule has 0 amide bonds. The average Bonchev–Trinajstić information content (AvgIpc) is 2.75. The quantitative estimate of drug-likeness (QED) is 0.320. The van der Waals surface area contributed by atoms with Gasteiger partial charge < -0.3 is 34.2 Å². The van der Waals surface area contributed by atoms with Crippen molar-refractivity contribution >= 4 is 5.69 Å². The van der Waals surface area contributed by atoms with E-state index >= 15 is 0 Å². The fourth-order valence-electron chi connectivity index (χ4n) is 2.32. The predicted octanol–water partition coefficient (Wildman–Crippen LogP) is 2.79. The van der Waals surface area contributed by atoms with E-state index in [2.05, 4.69) is 0 Å². The molecule has 160 valence electrons. The van der Waals surface area contributed by atoms with Crippen molar-refractivity contribution in [2.75, 3.05) is 71.8 Å². The first-order valence-electron chi connectivity index (χ1n) is 9.82. The second kappa shape index (κ2) is 15.6. The van der Waals surface area contributed by atoms with Gasteiger partial charge in [-0.25, -0.2) is 0 Å². The molecule has 0 aliphatic rings. The topological polar surface area (TPSA) is 81.4 Å². The minimum absolute atomic E-state index is 0.452. The molecule has 0 fully saturated rings. The second-order valence-corrected chi connectivity index (χ2v) is 6.00. The Kier molecular flexibility index (Phi) is 12.3. The molecule has 2 rings (SSSR count). The number of anilines is 1. The average molecular weight is 405 g/mol. The van der Waals surface area contributed by atoms with Crippen molar-refractivity contribution in [2.45, 2.75) is 0 Å². The number of benzene rings is 2. The van der Waals surface area contributed by atoms with Crippen molar-refractivity contribution in [3.05, 3.63) is 54.6 Å². The van der Waals surface area contributed by atoms with Gasteiger partial charge in [-0.3, -0.25) is 0 Å². The fraction of sp³-hybridized carbons (Fsp3) is 0.455. The van der Waals surface area contributed by atoms with Crippen LogP contribution in [-0.4, -0.2) is 66.1 Å². The van der Waals surface area contributed by atoms with Crippen LogP contribution in [0.25, 0.3) is 0 Å². The Hall–Kier alpha value is -2.32. The molecular formula is C22H31NO6. The van der Waals surface area contributed by atoms with E-state index in [1.807, 2.05) is 48.5 Å². The lowest BCUT2D eigenvalue weighted by Crippen LogP contribution is -2.14. The highest BCUT2D eigenvalue weighted by molar-refractivity contribution is 5.51. The van der Waals surface area contributed by atoms with E-state index in [4.69, 9.17) is 34.2 Å². The first-order valence-corrected chi connectivity index (χ1v) is 9.82. The summed E-state index contributed by atoms with van der Waals surface area (Å²) in [5.41, 5.74) is 6.42. The Labute approximate surface area is 172 Å². The molecule has 0 saturated carbocycles. The summed E-state index contributed by atoms with van der Waals surface area (Å²) in [6.07, 6.45) is 0. The Morgan fingerprint density at radius 3 is 1.48 bits per heavy atom. The first kappa shape index (κ1) is 23.0. The summed E-state index contributed by atoms with van der Waals surface area (Å²) in [5.74, 6) is 1.53. The highest BCUT2D eigenvalue weighted by atomic mass is 16.6. The Morgan fingerprint density at radius 2 is 0.931 bits per heavy atom.